The number of benzene rings is 4. The first-order chi connectivity index (χ1) is 19.0. The van der Waals surface area contributed by atoms with E-state index < -0.39 is 0 Å². The van der Waals surface area contributed by atoms with E-state index in [1.165, 1.54) is 11.1 Å². The van der Waals surface area contributed by atoms with Crippen molar-refractivity contribution < 1.29 is 14.3 Å². The normalized spacial score (nSPS) is 16.0. The molecule has 4 aromatic rings. The summed E-state index contributed by atoms with van der Waals surface area (Å²) in [4.78, 5) is 18.0. The number of hydrogen-bond donors (Lipinski definition) is 1. The zero-order valence-corrected chi connectivity index (χ0v) is 23.3. The molecule has 1 fully saturated rings. The molecule has 0 radical (unpaired) electrons. The number of carbonyl (C=O) groups is 1. The Morgan fingerprint density at radius 3 is 2.00 bits per heavy atom. The number of fused-ring (bicyclic) bond motifs is 1. The molecule has 39 heavy (non-hydrogen) atoms. The summed E-state index contributed by atoms with van der Waals surface area (Å²) < 4.78 is 10.8. The van der Waals surface area contributed by atoms with Crippen LogP contribution in [-0.4, -0.2) is 62.3 Å². The Hall–Kier alpha value is -3.58. The summed E-state index contributed by atoms with van der Waals surface area (Å²) >= 11 is 6.18. The summed E-state index contributed by atoms with van der Waals surface area (Å²) in [6.07, 6.45) is -0.0912. The van der Waals surface area contributed by atoms with Crippen molar-refractivity contribution in [1.29, 1.82) is 0 Å². The lowest BCUT2D eigenvalue weighted by Gasteiger charge is -2.42. The van der Waals surface area contributed by atoms with Crippen LogP contribution >= 0.6 is 11.6 Å². The Kier molecular flexibility index (Phi) is 8.36. The van der Waals surface area contributed by atoms with Gasteiger partial charge in [0.05, 0.1) is 26.4 Å². The Morgan fingerprint density at radius 1 is 0.769 bits per heavy atom. The van der Waals surface area contributed by atoms with Crippen LogP contribution in [0.4, 0.5) is 0 Å². The van der Waals surface area contributed by atoms with Crippen LogP contribution < -0.4 is 14.8 Å². The van der Waals surface area contributed by atoms with E-state index in [2.05, 4.69) is 58.4 Å². The number of ether oxygens (including phenoxy) is 2. The van der Waals surface area contributed by atoms with E-state index in [4.69, 9.17) is 21.1 Å². The predicted molar refractivity (Wildman–Crippen MR) is 157 cm³/mol. The minimum Gasteiger partial charge on any atom is -0.493 e. The van der Waals surface area contributed by atoms with Crippen molar-refractivity contribution in [2.24, 2.45) is 0 Å². The summed E-state index contributed by atoms with van der Waals surface area (Å²) in [5, 5.41) is 5.85. The van der Waals surface area contributed by atoms with E-state index in [0.717, 1.165) is 42.0 Å². The first-order valence-corrected chi connectivity index (χ1v) is 13.6. The van der Waals surface area contributed by atoms with Gasteiger partial charge in [0, 0.05) is 36.8 Å². The fourth-order valence-electron chi connectivity index (χ4n) is 5.36. The third-order valence-electron chi connectivity index (χ3n) is 7.51. The van der Waals surface area contributed by atoms with Gasteiger partial charge in [0.25, 0.3) is 5.91 Å². The van der Waals surface area contributed by atoms with Gasteiger partial charge in [-0.3, -0.25) is 14.6 Å². The number of carbonyl (C=O) groups excluding carboxylic acids is 1. The van der Waals surface area contributed by atoms with E-state index in [1.54, 1.807) is 14.2 Å². The SMILES string of the molecule is COc1cc2ccc(C(=O)NC(C)N3CCN(C(c4ccccc4)c4ccc(Cl)cc4)CC3)cc2cc1OC. The Bertz CT molecular complexity index is 1420. The van der Waals surface area contributed by atoms with Gasteiger partial charge in [-0.05, 0) is 65.2 Å². The number of rotatable bonds is 8. The van der Waals surface area contributed by atoms with Crippen LogP contribution in [0.2, 0.25) is 5.02 Å². The van der Waals surface area contributed by atoms with Crippen molar-refractivity contribution in [1.82, 2.24) is 15.1 Å². The number of nitrogens with zero attached hydrogens (tertiary/aromatic N) is 2. The first kappa shape index (κ1) is 27.0. The van der Waals surface area contributed by atoms with Crippen molar-refractivity contribution in [2.45, 2.75) is 19.1 Å². The standard InChI is InChI=1S/C32H34ClN3O3/c1-22(34-32(37)26-10-9-25-20-29(38-2)30(39-3)21-27(25)19-26)35-15-17-36(18-16-35)31(23-7-5-4-6-8-23)24-11-13-28(33)14-12-24/h4-14,19-22,31H,15-18H2,1-3H3,(H,34,37). The van der Waals surface area contributed by atoms with Crippen molar-refractivity contribution in [2.75, 3.05) is 40.4 Å². The molecule has 2 unspecified atom stereocenters. The zero-order chi connectivity index (χ0) is 27.4. The lowest BCUT2D eigenvalue weighted by Crippen LogP contribution is -2.55. The van der Waals surface area contributed by atoms with Gasteiger partial charge in [0.1, 0.15) is 0 Å². The van der Waals surface area contributed by atoms with E-state index in [1.807, 2.05) is 48.5 Å². The Balaban J connectivity index is 1.25. The highest BCUT2D eigenvalue weighted by Gasteiger charge is 2.28. The van der Waals surface area contributed by atoms with E-state index in [-0.39, 0.29) is 18.1 Å². The van der Waals surface area contributed by atoms with Crippen LogP contribution in [0, 0.1) is 0 Å². The van der Waals surface area contributed by atoms with Crippen LogP contribution in [0.3, 0.4) is 0 Å². The second-order valence-electron chi connectivity index (χ2n) is 9.86. The monoisotopic (exact) mass is 543 g/mol. The van der Waals surface area contributed by atoms with Crippen LogP contribution in [0.5, 0.6) is 11.5 Å². The summed E-state index contributed by atoms with van der Waals surface area (Å²) in [5.74, 6) is 1.21. The van der Waals surface area contributed by atoms with Gasteiger partial charge in [-0.25, -0.2) is 0 Å². The summed E-state index contributed by atoms with van der Waals surface area (Å²) in [6, 6.07) is 28.4. The molecule has 0 spiro atoms. The van der Waals surface area contributed by atoms with E-state index in [9.17, 15) is 4.79 Å². The number of halogens is 1. The topological polar surface area (TPSA) is 54.0 Å². The van der Waals surface area contributed by atoms with Gasteiger partial charge < -0.3 is 14.8 Å². The molecule has 1 N–H and O–H groups in total. The lowest BCUT2D eigenvalue weighted by atomic mass is 9.96. The molecule has 4 aromatic carbocycles. The minimum absolute atomic E-state index is 0.0912. The maximum Gasteiger partial charge on any atom is 0.252 e. The number of piperazine rings is 1. The number of hydrogen-bond acceptors (Lipinski definition) is 5. The fraction of sp³-hybridized carbons (Fsp3) is 0.281. The highest BCUT2D eigenvalue weighted by atomic mass is 35.5. The summed E-state index contributed by atoms with van der Waals surface area (Å²) in [7, 11) is 3.23. The molecule has 1 saturated heterocycles. The van der Waals surface area contributed by atoms with Gasteiger partial charge in [-0.15, -0.1) is 0 Å². The molecular formula is C32H34ClN3O3. The third kappa shape index (κ3) is 6.04. The lowest BCUT2D eigenvalue weighted by molar-refractivity contribution is 0.0633. The molecule has 0 aromatic heterocycles. The van der Waals surface area contributed by atoms with Crippen LogP contribution in [-0.2, 0) is 0 Å². The molecule has 6 nitrogen and oxygen atoms in total. The third-order valence-corrected chi connectivity index (χ3v) is 7.76. The Labute approximate surface area is 235 Å². The molecule has 5 rings (SSSR count). The average molecular weight is 544 g/mol. The molecule has 0 saturated carbocycles. The van der Waals surface area contributed by atoms with Gasteiger partial charge in [-0.1, -0.05) is 60.1 Å². The molecule has 1 aliphatic heterocycles. The maximum atomic E-state index is 13.2. The number of methoxy groups -OCH3 is 2. The van der Waals surface area contributed by atoms with Gasteiger partial charge in [-0.2, -0.15) is 0 Å². The molecule has 7 heteroatoms. The van der Waals surface area contributed by atoms with Crippen LogP contribution in [0.15, 0.2) is 84.9 Å². The molecule has 0 bridgehead atoms. The maximum absolute atomic E-state index is 13.2. The highest BCUT2D eigenvalue weighted by molar-refractivity contribution is 6.30. The molecule has 0 aliphatic carbocycles. The summed E-state index contributed by atoms with van der Waals surface area (Å²) in [6.45, 7) is 5.54. The zero-order valence-electron chi connectivity index (χ0n) is 22.6. The highest BCUT2D eigenvalue weighted by Crippen LogP contribution is 2.33. The van der Waals surface area contributed by atoms with Crippen molar-refractivity contribution >= 4 is 28.3 Å². The van der Waals surface area contributed by atoms with Crippen molar-refractivity contribution in [3.05, 3.63) is 107 Å². The van der Waals surface area contributed by atoms with Crippen LogP contribution in [0.1, 0.15) is 34.5 Å². The van der Waals surface area contributed by atoms with Crippen molar-refractivity contribution in [3.8, 4) is 11.5 Å². The van der Waals surface area contributed by atoms with E-state index >= 15 is 0 Å². The second kappa shape index (κ2) is 12.1. The van der Waals surface area contributed by atoms with Gasteiger partial charge in [0.2, 0.25) is 0 Å². The summed E-state index contributed by atoms with van der Waals surface area (Å²) in [5.41, 5.74) is 3.11. The quantitative estimate of drug-likeness (QED) is 0.296. The fourth-order valence-corrected chi connectivity index (χ4v) is 5.48. The molecular weight excluding hydrogens is 510 g/mol. The molecule has 1 amide bonds. The van der Waals surface area contributed by atoms with Crippen molar-refractivity contribution in [3.63, 3.8) is 0 Å². The smallest absolute Gasteiger partial charge is 0.252 e. The molecule has 2 atom stereocenters. The molecule has 202 valence electrons. The van der Waals surface area contributed by atoms with E-state index in [0.29, 0.717) is 17.1 Å². The first-order valence-electron chi connectivity index (χ1n) is 13.2. The molecule has 1 aliphatic rings. The number of nitrogens with one attached hydrogen (secondary N) is 1. The predicted octanol–water partition coefficient (Wildman–Crippen LogP) is 5.99. The van der Waals surface area contributed by atoms with Crippen LogP contribution in [0.25, 0.3) is 10.8 Å². The Morgan fingerprint density at radius 2 is 1.36 bits per heavy atom. The number of amides is 1. The largest absolute Gasteiger partial charge is 0.493 e. The second-order valence-corrected chi connectivity index (χ2v) is 10.3. The average Bonchev–Trinajstić information content (AvgIpc) is 2.98. The minimum atomic E-state index is -0.0926. The van der Waals surface area contributed by atoms with Gasteiger partial charge >= 0.3 is 0 Å². The molecule has 1 heterocycles. The van der Waals surface area contributed by atoms with Gasteiger partial charge in [0.15, 0.2) is 11.5 Å².